The number of aromatic nitrogens is 1. The summed E-state index contributed by atoms with van der Waals surface area (Å²) in [6.07, 6.45) is 5.40. The fourth-order valence-electron chi connectivity index (χ4n) is 2.47. The van der Waals surface area contributed by atoms with E-state index in [1.807, 2.05) is 0 Å². The summed E-state index contributed by atoms with van der Waals surface area (Å²) in [4.78, 5) is 17.7. The Kier molecular flexibility index (Phi) is 3.75. The number of sulfonamides is 1. The molecule has 0 spiro atoms. The van der Waals surface area contributed by atoms with Gasteiger partial charge in [0, 0.05) is 19.5 Å². The number of carbonyl (C=O) groups is 1. The van der Waals surface area contributed by atoms with Crippen molar-refractivity contribution in [2.24, 2.45) is 0 Å². The van der Waals surface area contributed by atoms with Crippen LogP contribution in [0.15, 0.2) is 15.7 Å². The SMILES string of the molecule is CN1CCCC[C@@H](NS(=O)(=O)c2cnc(C3CC3)o2)C1=O. The van der Waals surface area contributed by atoms with Crippen LogP contribution in [-0.4, -0.2) is 43.8 Å². The number of amides is 1. The van der Waals surface area contributed by atoms with Gasteiger partial charge in [0.25, 0.3) is 15.1 Å². The molecule has 0 radical (unpaired) electrons. The van der Waals surface area contributed by atoms with E-state index in [0.29, 0.717) is 18.9 Å². The molecule has 1 atom stereocenters. The molecule has 2 heterocycles. The Labute approximate surface area is 123 Å². The van der Waals surface area contributed by atoms with Crippen LogP contribution < -0.4 is 4.72 Å². The van der Waals surface area contributed by atoms with E-state index in [1.54, 1.807) is 11.9 Å². The molecule has 7 nitrogen and oxygen atoms in total. The molecule has 116 valence electrons. The first kappa shape index (κ1) is 14.5. The van der Waals surface area contributed by atoms with Gasteiger partial charge in [-0.3, -0.25) is 4.79 Å². The number of likely N-dealkylation sites (N-methyl/N-ethyl adjacent to an activating group) is 1. The fraction of sp³-hybridized carbons (Fsp3) is 0.692. The average Bonchev–Trinajstić information content (AvgIpc) is 3.19. The lowest BCUT2D eigenvalue weighted by atomic mass is 10.1. The highest BCUT2D eigenvalue weighted by atomic mass is 32.2. The number of rotatable bonds is 4. The molecule has 8 heteroatoms. The Hall–Kier alpha value is -1.41. The Morgan fingerprint density at radius 3 is 2.81 bits per heavy atom. The fourth-order valence-corrected chi connectivity index (χ4v) is 3.56. The zero-order valence-electron chi connectivity index (χ0n) is 11.9. The van der Waals surface area contributed by atoms with Crippen LogP contribution in [0.5, 0.6) is 0 Å². The zero-order chi connectivity index (χ0) is 15.0. The molecule has 0 unspecified atom stereocenters. The van der Waals surface area contributed by atoms with Gasteiger partial charge in [0.15, 0.2) is 5.89 Å². The highest BCUT2D eigenvalue weighted by Gasteiger charge is 2.33. The highest BCUT2D eigenvalue weighted by Crippen LogP contribution is 2.39. The standard InChI is InChI=1S/C13H19N3O4S/c1-16-7-3-2-4-10(13(16)17)15-21(18,19)11-8-14-12(20-11)9-5-6-9/h8-10,15H,2-7H2,1H3/t10-/m1/s1. The van der Waals surface area contributed by atoms with E-state index in [4.69, 9.17) is 4.42 Å². The summed E-state index contributed by atoms with van der Waals surface area (Å²) < 4.78 is 32.4. The van der Waals surface area contributed by atoms with Gasteiger partial charge in [-0.25, -0.2) is 13.4 Å². The van der Waals surface area contributed by atoms with E-state index in [1.165, 1.54) is 6.20 Å². The number of oxazole rings is 1. The number of nitrogens with one attached hydrogen (secondary N) is 1. The average molecular weight is 313 g/mol. The second-order valence-corrected chi connectivity index (χ2v) is 7.37. The van der Waals surface area contributed by atoms with Gasteiger partial charge >= 0.3 is 0 Å². The first-order valence-electron chi connectivity index (χ1n) is 7.20. The molecule has 1 aliphatic carbocycles. The van der Waals surface area contributed by atoms with Crippen LogP contribution in [0.25, 0.3) is 0 Å². The molecule has 0 bridgehead atoms. The van der Waals surface area contributed by atoms with E-state index in [9.17, 15) is 13.2 Å². The molecule has 1 N–H and O–H groups in total. The summed E-state index contributed by atoms with van der Waals surface area (Å²) in [6.45, 7) is 0.658. The van der Waals surface area contributed by atoms with Gasteiger partial charge in [-0.15, -0.1) is 0 Å². The number of likely N-dealkylation sites (tertiary alicyclic amines) is 1. The predicted molar refractivity (Wildman–Crippen MR) is 74.1 cm³/mol. The van der Waals surface area contributed by atoms with Gasteiger partial charge in [-0.1, -0.05) is 0 Å². The molecule has 3 rings (SSSR count). The normalized spacial score (nSPS) is 24.1. The third-order valence-electron chi connectivity index (χ3n) is 3.90. The van der Waals surface area contributed by atoms with Crippen molar-refractivity contribution in [2.45, 2.75) is 49.2 Å². The van der Waals surface area contributed by atoms with Crippen LogP contribution >= 0.6 is 0 Å². The lowest BCUT2D eigenvalue weighted by Crippen LogP contribution is -2.45. The molecule has 2 fully saturated rings. The summed E-state index contributed by atoms with van der Waals surface area (Å²) in [7, 11) is -2.15. The van der Waals surface area contributed by atoms with Crippen LogP contribution in [0.1, 0.15) is 43.9 Å². The maximum atomic E-state index is 12.3. The van der Waals surface area contributed by atoms with Gasteiger partial charge in [0.2, 0.25) is 5.91 Å². The minimum atomic E-state index is -3.84. The topological polar surface area (TPSA) is 92.5 Å². The Balaban J connectivity index is 1.76. The van der Waals surface area contributed by atoms with Crippen LogP contribution in [0.3, 0.4) is 0 Å². The molecular formula is C13H19N3O4S. The van der Waals surface area contributed by atoms with Crippen LogP contribution in [-0.2, 0) is 14.8 Å². The second-order valence-electron chi connectivity index (χ2n) is 5.72. The molecule has 1 aliphatic heterocycles. The number of nitrogens with zero attached hydrogens (tertiary/aromatic N) is 2. The molecule has 1 aromatic heterocycles. The van der Waals surface area contributed by atoms with Gasteiger partial charge < -0.3 is 9.32 Å². The summed E-state index contributed by atoms with van der Waals surface area (Å²) in [5.74, 6) is 0.525. The Bertz CT molecular complexity index is 636. The largest absolute Gasteiger partial charge is 0.428 e. The maximum absolute atomic E-state index is 12.3. The van der Waals surface area contributed by atoms with Crippen molar-refractivity contribution in [1.82, 2.24) is 14.6 Å². The van der Waals surface area contributed by atoms with E-state index in [2.05, 4.69) is 9.71 Å². The van der Waals surface area contributed by atoms with E-state index < -0.39 is 16.1 Å². The molecule has 0 aromatic carbocycles. The molecule has 1 amide bonds. The van der Waals surface area contributed by atoms with E-state index in [-0.39, 0.29) is 16.9 Å². The lowest BCUT2D eigenvalue weighted by Gasteiger charge is -2.20. The smallest absolute Gasteiger partial charge is 0.276 e. The first-order chi connectivity index (χ1) is 9.97. The van der Waals surface area contributed by atoms with Gasteiger partial charge in [0.05, 0.1) is 6.20 Å². The van der Waals surface area contributed by atoms with Crippen molar-refractivity contribution >= 4 is 15.9 Å². The van der Waals surface area contributed by atoms with Crippen molar-refractivity contribution in [2.75, 3.05) is 13.6 Å². The monoisotopic (exact) mass is 313 g/mol. The lowest BCUT2D eigenvalue weighted by molar-refractivity contribution is -0.131. The molecule has 1 aromatic rings. The quantitative estimate of drug-likeness (QED) is 0.889. The van der Waals surface area contributed by atoms with Crippen LogP contribution in [0, 0.1) is 0 Å². The minimum absolute atomic E-state index is 0.196. The summed E-state index contributed by atoms with van der Waals surface area (Å²) in [6, 6.07) is -0.725. The zero-order valence-corrected chi connectivity index (χ0v) is 12.7. The first-order valence-corrected chi connectivity index (χ1v) is 8.69. The Morgan fingerprint density at radius 1 is 1.33 bits per heavy atom. The molecule has 1 saturated heterocycles. The van der Waals surface area contributed by atoms with Gasteiger partial charge in [-0.2, -0.15) is 4.72 Å². The van der Waals surface area contributed by atoms with Crippen molar-refractivity contribution < 1.29 is 17.6 Å². The van der Waals surface area contributed by atoms with Crippen molar-refractivity contribution in [3.63, 3.8) is 0 Å². The van der Waals surface area contributed by atoms with Crippen molar-refractivity contribution in [3.8, 4) is 0 Å². The molecule has 1 saturated carbocycles. The molecule has 2 aliphatic rings. The van der Waals surface area contributed by atoms with Crippen LogP contribution in [0.4, 0.5) is 0 Å². The van der Waals surface area contributed by atoms with Crippen molar-refractivity contribution in [3.05, 3.63) is 12.1 Å². The van der Waals surface area contributed by atoms with Gasteiger partial charge in [0.1, 0.15) is 6.04 Å². The van der Waals surface area contributed by atoms with Crippen LogP contribution in [0.2, 0.25) is 0 Å². The third-order valence-corrected chi connectivity index (χ3v) is 5.22. The van der Waals surface area contributed by atoms with E-state index in [0.717, 1.165) is 25.7 Å². The number of hydrogen-bond donors (Lipinski definition) is 1. The highest BCUT2D eigenvalue weighted by molar-refractivity contribution is 7.89. The Morgan fingerprint density at radius 2 is 2.10 bits per heavy atom. The molecular weight excluding hydrogens is 294 g/mol. The number of hydrogen-bond acceptors (Lipinski definition) is 5. The summed E-state index contributed by atoms with van der Waals surface area (Å²) in [5, 5.41) is -0.205. The minimum Gasteiger partial charge on any atom is -0.428 e. The summed E-state index contributed by atoms with van der Waals surface area (Å²) >= 11 is 0. The van der Waals surface area contributed by atoms with Gasteiger partial charge in [-0.05, 0) is 32.1 Å². The summed E-state index contributed by atoms with van der Waals surface area (Å²) in [5.41, 5.74) is 0. The predicted octanol–water partition coefficient (Wildman–Crippen LogP) is 0.841. The third kappa shape index (κ3) is 3.11. The number of carbonyl (C=O) groups excluding carboxylic acids is 1. The van der Waals surface area contributed by atoms with Crippen molar-refractivity contribution in [1.29, 1.82) is 0 Å². The maximum Gasteiger partial charge on any atom is 0.276 e. The van der Waals surface area contributed by atoms with E-state index >= 15 is 0 Å². The second kappa shape index (κ2) is 5.42. The molecule has 21 heavy (non-hydrogen) atoms.